The van der Waals surface area contributed by atoms with Crippen LogP contribution in [0.1, 0.15) is 48.9 Å². The minimum atomic E-state index is 0.156. The van der Waals surface area contributed by atoms with E-state index in [1.54, 1.807) is 0 Å². The topological polar surface area (TPSA) is 41.4 Å². The molecule has 1 amide bonds. The maximum absolute atomic E-state index is 13.4. The van der Waals surface area contributed by atoms with E-state index in [9.17, 15) is 4.79 Å². The van der Waals surface area contributed by atoms with Crippen LogP contribution in [0.4, 0.5) is 0 Å². The first-order chi connectivity index (χ1) is 12.7. The molecule has 1 aromatic carbocycles. The third kappa shape index (κ3) is 3.68. The van der Waals surface area contributed by atoms with Gasteiger partial charge in [-0.3, -0.25) is 4.79 Å². The molecule has 1 saturated heterocycles. The average molecular weight is 354 g/mol. The van der Waals surface area contributed by atoms with Gasteiger partial charge in [-0.15, -0.1) is 0 Å². The molecular weight excluding hydrogens is 324 g/mol. The number of carbonyl (C=O) groups excluding carboxylic acids is 1. The van der Waals surface area contributed by atoms with Crippen LogP contribution in [0.25, 0.3) is 5.69 Å². The van der Waals surface area contributed by atoms with Crippen molar-refractivity contribution in [1.82, 2.24) is 19.6 Å². The van der Waals surface area contributed by atoms with Gasteiger partial charge in [0.25, 0.3) is 5.91 Å². The van der Waals surface area contributed by atoms with Gasteiger partial charge in [-0.1, -0.05) is 45.4 Å². The number of hydrogen-bond acceptors (Lipinski definition) is 3. The fraction of sp³-hybridized carbons (Fsp3) is 0.524. The van der Waals surface area contributed by atoms with Gasteiger partial charge in [-0.25, -0.2) is 4.68 Å². The maximum atomic E-state index is 13.4. The van der Waals surface area contributed by atoms with E-state index in [1.807, 2.05) is 27.8 Å². The molecule has 0 spiro atoms. The zero-order valence-corrected chi connectivity index (χ0v) is 16.2. The van der Waals surface area contributed by atoms with Gasteiger partial charge in [0.05, 0.1) is 22.6 Å². The number of aromatic nitrogens is 2. The summed E-state index contributed by atoms with van der Waals surface area (Å²) in [5, 5.41) is 4.85. The first kappa shape index (κ1) is 18.6. The van der Waals surface area contributed by atoms with Gasteiger partial charge in [-0.05, 0) is 31.5 Å². The molecule has 0 bridgehead atoms. The van der Waals surface area contributed by atoms with Gasteiger partial charge in [0, 0.05) is 26.2 Å². The number of likely N-dealkylation sites (N-methyl/N-ethyl adjacent to an activating group) is 1. The number of hydrogen-bond donors (Lipinski definition) is 0. The summed E-state index contributed by atoms with van der Waals surface area (Å²) < 4.78 is 1.97. The van der Waals surface area contributed by atoms with E-state index in [1.165, 1.54) is 0 Å². The van der Waals surface area contributed by atoms with Crippen LogP contribution in [0.3, 0.4) is 0 Å². The van der Waals surface area contributed by atoms with E-state index in [-0.39, 0.29) is 5.91 Å². The van der Waals surface area contributed by atoms with Crippen molar-refractivity contribution in [2.75, 3.05) is 32.7 Å². The van der Waals surface area contributed by atoms with E-state index in [0.29, 0.717) is 0 Å². The Morgan fingerprint density at radius 2 is 1.73 bits per heavy atom. The molecule has 2 heterocycles. The van der Waals surface area contributed by atoms with Crippen LogP contribution in [0.5, 0.6) is 0 Å². The summed E-state index contributed by atoms with van der Waals surface area (Å²) in [6, 6.07) is 10.1. The highest BCUT2D eigenvalue weighted by Crippen LogP contribution is 2.23. The Balaban J connectivity index is 1.97. The fourth-order valence-electron chi connectivity index (χ4n) is 3.70. The number of aryl methyl sites for hydroxylation is 1. The van der Waals surface area contributed by atoms with Crippen molar-refractivity contribution in [3.8, 4) is 5.69 Å². The molecule has 2 aromatic rings. The van der Waals surface area contributed by atoms with Crippen molar-refractivity contribution >= 4 is 5.91 Å². The highest BCUT2D eigenvalue weighted by atomic mass is 16.2. The van der Waals surface area contributed by atoms with Gasteiger partial charge in [-0.2, -0.15) is 5.10 Å². The molecule has 0 aliphatic carbocycles. The van der Waals surface area contributed by atoms with Crippen LogP contribution in [-0.4, -0.2) is 58.2 Å². The summed E-state index contributed by atoms with van der Waals surface area (Å²) in [6.45, 7) is 11.0. The minimum Gasteiger partial charge on any atom is -0.336 e. The minimum absolute atomic E-state index is 0.156. The van der Waals surface area contributed by atoms with E-state index >= 15 is 0 Å². The van der Waals surface area contributed by atoms with Crippen molar-refractivity contribution in [1.29, 1.82) is 0 Å². The first-order valence-corrected chi connectivity index (χ1v) is 9.87. The quantitative estimate of drug-likeness (QED) is 0.800. The van der Waals surface area contributed by atoms with Gasteiger partial charge in [0.1, 0.15) is 0 Å². The zero-order valence-electron chi connectivity index (χ0n) is 16.2. The normalized spacial score (nSPS) is 15.4. The SMILES string of the molecule is CCCc1nn(-c2ccccc2)c(CC)c1C(=O)N1CCN(CC)CC1. The lowest BCUT2D eigenvalue weighted by atomic mass is 10.1. The number of nitrogens with zero attached hydrogens (tertiary/aromatic N) is 4. The predicted molar refractivity (Wildman–Crippen MR) is 105 cm³/mol. The standard InChI is InChI=1S/C21H30N4O/c1-4-10-18-20(21(26)24-15-13-23(6-3)14-16-24)19(5-2)25(22-18)17-11-8-7-9-12-17/h7-9,11-12H,4-6,10,13-16H2,1-3H3. The van der Waals surface area contributed by atoms with E-state index in [0.717, 1.165) is 74.6 Å². The maximum Gasteiger partial charge on any atom is 0.257 e. The zero-order chi connectivity index (χ0) is 18.5. The Labute approximate surface area is 156 Å². The van der Waals surface area contributed by atoms with Crippen molar-refractivity contribution < 1.29 is 4.79 Å². The number of benzene rings is 1. The molecule has 1 fully saturated rings. The summed E-state index contributed by atoms with van der Waals surface area (Å²) in [4.78, 5) is 17.8. The Morgan fingerprint density at radius 1 is 1.04 bits per heavy atom. The van der Waals surface area contributed by atoms with Crippen LogP contribution in [0.15, 0.2) is 30.3 Å². The number of carbonyl (C=O) groups is 1. The molecule has 1 aliphatic rings. The van der Waals surface area contributed by atoms with Gasteiger partial charge >= 0.3 is 0 Å². The molecule has 1 aliphatic heterocycles. The molecule has 0 N–H and O–H groups in total. The Bertz CT molecular complexity index is 730. The van der Waals surface area contributed by atoms with Crippen LogP contribution in [-0.2, 0) is 12.8 Å². The van der Waals surface area contributed by atoms with E-state index < -0.39 is 0 Å². The summed E-state index contributed by atoms with van der Waals surface area (Å²) in [5.74, 6) is 0.156. The van der Waals surface area contributed by atoms with Crippen molar-refractivity contribution in [3.05, 3.63) is 47.3 Å². The molecule has 5 nitrogen and oxygen atoms in total. The first-order valence-electron chi connectivity index (χ1n) is 9.87. The van der Waals surface area contributed by atoms with Crippen LogP contribution >= 0.6 is 0 Å². The van der Waals surface area contributed by atoms with E-state index in [2.05, 4.69) is 37.8 Å². The lowest BCUT2D eigenvalue weighted by Gasteiger charge is -2.34. The van der Waals surface area contributed by atoms with Gasteiger partial charge in [0.15, 0.2) is 0 Å². The lowest BCUT2D eigenvalue weighted by molar-refractivity contribution is 0.0641. The molecule has 26 heavy (non-hydrogen) atoms. The van der Waals surface area contributed by atoms with Gasteiger partial charge < -0.3 is 9.80 Å². The predicted octanol–water partition coefficient (Wildman–Crippen LogP) is 3.16. The van der Waals surface area contributed by atoms with Gasteiger partial charge in [0.2, 0.25) is 0 Å². The average Bonchev–Trinajstić information content (AvgIpc) is 3.06. The Kier molecular flexibility index (Phi) is 6.09. The highest BCUT2D eigenvalue weighted by Gasteiger charge is 2.28. The molecule has 3 rings (SSSR count). The van der Waals surface area contributed by atoms with E-state index in [4.69, 9.17) is 5.10 Å². The molecule has 0 unspecified atom stereocenters. The monoisotopic (exact) mass is 354 g/mol. The summed E-state index contributed by atoms with van der Waals surface area (Å²) in [6.07, 6.45) is 2.61. The number of rotatable bonds is 6. The molecule has 140 valence electrons. The van der Waals surface area contributed by atoms with Crippen LogP contribution in [0, 0.1) is 0 Å². The lowest BCUT2D eigenvalue weighted by Crippen LogP contribution is -2.48. The number of para-hydroxylation sites is 1. The van der Waals surface area contributed by atoms with Crippen LogP contribution < -0.4 is 0 Å². The molecule has 0 saturated carbocycles. The van der Waals surface area contributed by atoms with Crippen molar-refractivity contribution in [3.63, 3.8) is 0 Å². The molecule has 0 atom stereocenters. The second kappa shape index (κ2) is 8.49. The van der Waals surface area contributed by atoms with Crippen LogP contribution in [0.2, 0.25) is 0 Å². The molecule has 0 radical (unpaired) electrons. The third-order valence-electron chi connectivity index (χ3n) is 5.20. The molecule has 1 aromatic heterocycles. The molecule has 5 heteroatoms. The molecular formula is C21H30N4O. The summed E-state index contributed by atoms with van der Waals surface area (Å²) >= 11 is 0. The smallest absolute Gasteiger partial charge is 0.257 e. The van der Waals surface area contributed by atoms with Crippen molar-refractivity contribution in [2.24, 2.45) is 0 Å². The number of piperazine rings is 1. The number of amides is 1. The Hall–Kier alpha value is -2.14. The second-order valence-electron chi connectivity index (χ2n) is 6.85. The largest absolute Gasteiger partial charge is 0.336 e. The third-order valence-corrected chi connectivity index (χ3v) is 5.20. The highest BCUT2D eigenvalue weighted by molar-refractivity contribution is 5.96. The van der Waals surface area contributed by atoms with Crippen molar-refractivity contribution in [2.45, 2.75) is 40.0 Å². The summed E-state index contributed by atoms with van der Waals surface area (Å²) in [7, 11) is 0. The summed E-state index contributed by atoms with van der Waals surface area (Å²) in [5.41, 5.74) is 3.83. The second-order valence-corrected chi connectivity index (χ2v) is 6.85. The Morgan fingerprint density at radius 3 is 2.31 bits per heavy atom. The fourth-order valence-corrected chi connectivity index (χ4v) is 3.70.